The van der Waals surface area contributed by atoms with E-state index in [0.717, 1.165) is 17.1 Å². The lowest BCUT2D eigenvalue weighted by atomic mass is 10.2. The first kappa shape index (κ1) is 14.9. The lowest BCUT2D eigenvalue weighted by Gasteiger charge is -2.06. The van der Waals surface area contributed by atoms with Crippen molar-refractivity contribution in [2.24, 2.45) is 0 Å². The fraction of sp³-hybridized carbons (Fsp3) is 0.167. The van der Waals surface area contributed by atoms with Gasteiger partial charge in [0.15, 0.2) is 0 Å². The van der Waals surface area contributed by atoms with Crippen molar-refractivity contribution in [3.63, 3.8) is 0 Å². The van der Waals surface area contributed by atoms with Crippen molar-refractivity contribution in [3.05, 3.63) is 65.7 Å². The summed E-state index contributed by atoms with van der Waals surface area (Å²) in [6.07, 6.45) is 3.13. The van der Waals surface area contributed by atoms with Gasteiger partial charge in [0.25, 0.3) is 0 Å². The van der Waals surface area contributed by atoms with E-state index in [2.05, 4.69) is 0 Å². The number of aryl methyl sites for hydroxylation is 1. The quantitative estimate of drug-likeness (QED) is 0.603. The summed E-state index contributed by atoms with van der Waals surface area (Å²) < 4.78 is 10.6. The van der Waals surface area contributed by atoms with E-state index in [1.807, 2.05) is 55.5 Å². The molecule has 2 aromatic carbocycles. The van der Waals surface area contributed by atoms with Gasteiger partial charge in [0.1, 0.15) is 11.5 Å². The van der Waals surface area contributed by atoms with Crippen molar-refractivity contribution in [2.75, 3.05) is 6.61 Å². The molecule has 2 aromatic rings. The second-order valence-electron chi connectivity index (χ2n) is 4.57. The molecule has 0 unspecified atom stereocenters. The molecule has 0 aliphatic rings. The molecule has 0 amide bonds. The summed E-state index contributed by atoms with van der Waals surface area (Å²) in [6.45, 7) is 4.20. The predicted octanol–water partition coefficient (Wildman–Crippen LogP) is 4.36. The van der Waals surface area contributed by atoms with Crippen molar-refractivity contribution in [2.45, 2.75) is 13.8 Å². The first-order valence-corrected chi connectivity index (χ1v) is 6.87. The maximum atomic E-state index is 11.2. The summed E-state index contributed by atoms with van der Waals surface area (Å²) in [6, 6.07) is 15.4. The topological polar surface area (TPSA) is 35.5 Å². The molecule has 0 saturated carbocycles. The van der Waals surface area contributed by atoms with E-state index in [4.69, 9.17) is 9.47 Å². The molecule has 0 saturated heterocycles. The second-order valence-corrected chi connectivity index (χ2v) is 4.57. The van der Waals surface area contributed by atoms with Crippen molar-refractivity contribution in [1.82, 2.24) is 0 Å². The molecule has 2 rings (SSSR count). The average molecular weight is 282 g/mol. The fourth-order valence-electron chi connectivity index (χ4n) is 1.74. The van der Waals surface area contributed by atoms with Crippen LogP contribution in [-0.4, -0.2) is 12.6 Å². The Kier molecular flexibility index (Phi) is 5.16. The fourth-order valence-corrected chi connectivity index (χ4v) is 1.74. The van der Waals surface area contributed by atoms with Gasteiger partial charge < -0.3 is 9.47 Å². The summed E-state index contributed by atoms with van der Waals surface area (Å²) >= 11 is 0. The monoisotopic (exact) mass is 282 g/mol. The van der Waals surface area contributed by atoms with Gasteiger partial charge in [-0.05, 0) is 49.8 Å². The highest BCUT2D eigenvalue weighted by Crippen LogP contribution is 2.22. The third kappa shape index (κ3) is 4.80. The van der Waals surface area contributed by atoms with Crippen LogP contribution in [0.15, 0.2) is 54.6 Å². The highest BCUT2D eigenvalue weighted by atomic mass is 16.5. The van der Waals surface area contributed by atoms with Crippen LogP contribution in [0.4, 0.5) is 0 Å². The summed E-state index contributed by atoms with van der Waals surface area (Å²) in [5.74, 6) is 1.22. The lowest BCUT2D eigenvalue weighted by molar-refractivity contribution is -0.137. The number of hydrogen-bond donors (Lipinski definition) is 0. The van der Waals surface area contributed by atoms with Gasteiger partial charge >= 0.3 is 5.97 Å². The molecule has 0 radical (unpaired) electrons. The average Bonchev–Trinajstić information content (AvgIpc) is 2.49. The Hall–Kier alpha value is -2.55. The SMILES string of the molecule is CCOC(=O)/C=C/c1ccc(Oc2ccc(C)cc2)cc1. The second kappa shape index (κ2) is 7.29. The molecule has 0 aliphatic heterocycles. The lowest BCUT2D eigenvalue weighted by Crippen LogP contribution is -1.98. The van der Waals surface area contributed by atoms with E-state index in [1.54, 1.807) is 13.0 Å². The largest absolute Gasteiger partial charge is 0.463 e. The van der Waals surface area contributed by atoms with Crippen LogP contribution < -0.4 is 4.74 Å². The van der Waals surface area contributed by atoms with Crippen LogP contribution in [0.25, 0.3) is 6.08 Å². The van der Waals surface area contributed by atoms with Crippen LogP contribution in [0.5, 0.6) is 11.5 Å². The molecule has 0 N–H and O–H groups in total. The molecule has 0 spiro atoms. The van der Waals surface area contributed by atoms with Gasteiger partial charge in [0.05, 0.1) is 6.61 Å². The number of hydrogen-bond acceptors (Lipinski definition) is 3. The van der Waals surface area contributed by atoms with Crippen LogP contribution in [0, 0.1) is 6.92 Å². The number of carbonyl (C=O) groups is 1. The van der Waals surface area contributed by atoms with Crippen LogP contribution >= 0.6 is 0 Å². The summed E-state index contributed by atoms with van der Waals surface area (Å²) in [5.41, 5.74) is 2.11. The number of rotatable bonds is 5. The van der Waals surface area contributed by atoms with Crippen molar-refractivity contribution in [1.29, 1.82) is 0 Å². The zero-order valence-electron chi connectivity index (χ0n) is 12.2. The molecule has 3 heteroatoms. The van der Waals surface area contributed by atoms with Crippen molar-refractivity contribution >= 4 is 12.0 Å². The van der Waals surface area contributed by atoms with Crippen molar-refractivity contribution < 1.29 is 14.3 Å². The normalized spacial score (nSPS) is 10.6. The van der Waals surface area contributed by atoms with E-state index >= 15 is 0 Å². The first-order valence-electron chi connectivity index (χ1n) is 6.87. The summed E-state index contributed by atoms with van der Waals surface area (Å²) in [5, 5.41) is 0. The van der Waals surface area contributed by atoms with E-state index in [1.165, 1.54) is 11.6 Å². The first-order chi connectivity index (χ1) is 10.2. The van der Waals surface area contributed by atoms with Gasteiger partial charge in [0.2, 0.25) is 0 Å². The molecule has 0 aliphatic carbocycles. The summed E-state index contributed by atoms with van der Waals surface area (Å²) in [7, 11) is 0. The van der Waals surface area contributed by atoms with Gasteiger partial charge in [-0.2, -0.15) is 0 Å². The minimum absolute atomic E-state index is 0.336. The molecular formula is C18H18O3. The van der Waals surface area contributed by atoms with E-state index in [9.17, 15) is 4.79 Å². The van der Waals surface area contributed by atoms with Crippen LogP contribution in [0.1, 0.15) is 18.1 Å². The van der Waals surface area contributed by atoms with Crippen molar-refractivity contribution in [3.8, 4) is 11.5 Å². The third-order valence-corrected chi connectivity index (χ3v) is 2.84. The molecule has 0 fully saturated rings. The molecule has 108 valence electrons. The van der Waals surface area contributed by atoms with Crippen LogP contribution in [0.2, 0.25) is 0 Å². The Balaban J connectivity index is 1.98. The molecule has 0 atom stereocenters. The molecule has 21 heavy (non-hydrogen) atoms. The Bertz CT molecular complexity index is 610. The van der Waals surface area contributed by atoms with Gasteiger partial charge in [0, 0.05) is 6.08 Å². The Labute approximate surface area is 124 Å². The summed E-state index contributed by atoms with van der Waals surface area (Å²) in [4.78, 5) is 11.2. The van der Waals surface area contributed by atoms with Crippen LogP contribution in [-0.2, 0) is 9.53 Å². The molecule has 0 aromatic heterocycles. The molecular weight excluding hydrogens is 264 g/mol. The van der Waals surface area contributed by atoms with Gasteiger partial charge in [-0.15, -0.1) is 0 Å². The van der Waals surface area contributed by atoms with Crippen LogP contribution in [0.3, 0.4) is 0 Å². The number of carbonyl (C=O) groups excluding carboxylic acids is 1. The van der Waals surface area contributed by atoms with Gasteiger partial charge in [-0.25, -0.2) is 4.79 Å². The predicted molar refractivity (Wildman–Crippen MR) is 83.4 cm³/mol. The van der Waals surface area contributed by atoms with E-state index in [-0.39, 0.29) is 5.97 Å². The molecule has 3 nitrogen and oxygen atoms in total. The maximum absolute atomic E-state index is 11.2. The van der Waals surface area contributed by atoms with E-state index in [0.29, 0.717) is 6.61 Å². The van der Waals surface area contributed by atoms with Gasteiger partial charge in [-0.3, -0.25) is 0 Å². The Morgan fingerprint density at radius 1 is 1.00 bits per heavy atom. The highest BCUT2D eigenvalue weighted by Gasteiger charge is 1.98. The minimum Gasteiger partial charge on any atom is -0.463 e. The number of ether oxygens (including phenoxy) is 2. The highest BCUT2D eigenvalue weighted by molar-refractivity contribution is 5.87. The van der Waals surface area contributed by atoms with E-state index < -0.39 is 0 Å². The zero-order chi connectivity index (χ0) is 15.1. The smallest absolute Gasteiger partial charge is 0.330 e. The zero-order valence-corrected chi connectivity index (χ0v) is 12.2. The Morgan fingerprint density at radius 2 is 1.57 bits per heavy atom. The minimum atomic E-state index is -0.336. The third-order valence-electron chi connectivity index (χ3n) is 2.84. The standard InChI is InChI=1S/C18H18O3/c1-3-20-18(19)13-8-15-6-11-17(12-7-15)21-16-9-4-14(2)5-10-16/h4-13H,3H2,1-2H3/b13-8+. The molecule has 0 heterocycles. The van der Waals surface area contributed by atoms with Gasteiger partial charge in [-0.1, -0.05) is 29.8 Å². The maximum Gasteiger partial charge on any atom is 0.330 e. The number of esters is 1. The Morgan fingerprint density at radius 3 is 2.14 bits per heavy atom. The molecule has 0 bridgehead atoms. The number of benzene rings is 2.